The molecular formula is C34H50N5O10PS2. The molecule has 18 heteroatoms. The maximum atomic E-state index is 13.0. The van der Waals surface area contributed by atoms with E-state index in [1.54, 1.807) is 69.8 Å². The van der Waals surface area contributed by atoms with Crippen LogP contribution in [0.4, 0.5) is 5.13 Å². The molecule has 0 radical (unpaired) electrons. The van der Waals surface area contributed by atoms with Crippen molar-refractivity contribution in [3.63, 3.8) is 0 Å². The Bertz CT molecular complexity index is 1860. The minimum Gasteiger partial charge on any atom is -0.461 e. The van der Waals surface area contributed by atoms with Crippen molar-refractivity contribution in [1.82, 2.24) is 14.8 Å². The van der Waals surface area contributed by atoms with Crippen molar-refractivity contribution in [2.45, 2.75) is 85.2 Å². The molecule has 0 unspecified atom stereocenters. The summed E-state index contributed by atoms with van der Waals surface area (Å²) in [5, 5.41) is 12.8. The average Bonchev–Trinajstić information content (AvgIpc) is 3.68. The summed E-state index contributed by atoms with van der Waals surface area (Å²) in [6, 6.07) is 8.04. The van der Waals surface area contributed by atoms with Gasteiger partial charge in [-0.3, -0.25) is 19.5 Å². The zero-order valence-corrected chi connectivity index (χ0v) is 34.2. The summed E-state index contributed by atoms with van der Waals surface area (Å²) >= 11 is 1.20. The Kier molecular flexibility index (Phi) is 16.1. The van der Waals surface area contributed by atoms with Crippen LogP contribution >= 0.6 is 18.9 Å². The van der Waals surface area contributed by atoms with Crippen molar-refractivity contribution < 1.29 is 46.0 Å². The van der Waals surface area contributed by atoms with E-state index in [1.807, 2.05) is 20.8 Å². The van der Waals surface area contributed by atoms with Crippen LogP contribution in [0.15, 0.2) is 45.8 Å². The molecule has 1 N–H and O–H groups in total. The molecule has 1 aromatic carbocycles. The maximum absolute atomic E-state index is 13.0. The Hall–Kier alpha value is -3.76. The Morgan fingerprint density at radius 3 is 2.06 bits per heavy atom. The molecule has 0 bridgehead atoms. The molecule has 0 saturated heterocycles. The first-order valence-electron chi connectivity index (χ1n) is 16.4. The van der Waals surface area contributed by atoms with E-state index in [0.717, 1.165) is 11.9 Å². The third-order valence-electron chi connectivity index (χ3n) is 6.88. The van der Waals surface area contributed by atoms with Gasteiger partial charge >= 0.3 is 13.6 Å². The highest BCUT2D eigenvalue weighted by molar-refractivity contribution is 7.90. The lowest BCUT2D eigenvalue weighted by atomic mass is 9.88. The summed E-state index contributed by atoms with van der Waals surface area (Å²) in [5.74, 6) is -1.15. The topological polar surface area (TPSA) is 194 Å². The molecule has 1 amide bonds. The predicted molar refractivity (Wildman–Crippen MR) is 200 cm³/mol. The molecule has 0 saturated carbocycles. The number of rotatable bonds is 15. The Labute approximate surface area is 309 Å². The number of anilines is 1. The number of ketones is 1. The van der Waals surface area contributed by atoms with E-state index in [4.69, 9.17) is 13.8 Å². The quantitative estimate of drug-likeness (QED) is 0.0752. The van der Waals surface area contributed by atoms with Crippen molar-refractivity contribution in [2.24, 2.45) is 10.6 Å². The molecule has 3 rings (SSSR count). The number of benzene rings is 1. The predicted octanol–water partition coefficient (Wildman–Crippen LogP) is 6.61. The van der Waals surface area contributed by atoms with Crippen LogP contribution in [0.2, 0.25) is 0 Å². The number of thiazole rings is 1. The fourth-order valence-electron chi connectivity index (χ4n) is 4.26. The van der Waals surface area contributed by atoms with Gasteiger partial charge in [-0.15, -0.1) is 11.3 Å². The number of hydrogen-bond donors (Lipinski definition) is 1. The smallest absolute Gasteiger partial charge is 0.356 e. The number of sulfone groups is 1. The van der Waals surface area contributed by atoms with Crippen LogP contribution in [0.25, 0.3) is 5.69 Å². The number of nitrogens with one attached hydrogen (secondary N) is 1. The lowest BCUT2D eigenvalue weighted by Gasteiger charge is -2.20. The molecule has 3 aromatic rings. The van der Waals surface area contributed by atoms with E-state index in [0.29, 0.717) is 16.5 Å². The highest BCUT2D eigenvalue weighted by atomic mass is 32.2. The zero-order valence-electron chi connectivity index (χ0n) is 31.6. The summed E-state index contributed by atoms with van der Waals surface area (Å²) in [4.78, 5) is 45.2. The molecule has 0 aliphatic carbocycles. The first-order chi connectivity index (χ1) is 24.1. The van der Waals surface area contributed by atoms with E-state index in [1.165, 1.54) is 30.6 Å². The minimum absolute atomic E-state index is 0.00396. The summed E-state index contributed by atoms with van der Waals surface area (Å²) < 4.78 is 53.4. The largest absolute Gasteiger partial charge is 0.461 e. The van der Waals surface area contributed by atoms with Gasteiger partial charge in [0.25, 0.3) is 5.91 Å². The van der Waals surface area contributed by atoms with Gasteiger partial charge in [0, 0.05) is 22.5 Å². The highest BCUT2D eigenvalue weighted by Crippen LogP contribution is 2.51. The van der Waals surface area contributed by atoms with Crippen molar-refractivity contribution >= 4 is 57.3 Å². The van der Waals surface area contributed by atoms with E-state index in [9.17, 15) is 27.4 Å². The minimum atomic E-state index is -3.33. The molecular weight excluding hydrogens is 734 g/mol. The fraction of sp³-hybridized carbons (Fsp3) is 0.529. The number of Topliss-reactive ketones (excluding diaryl/α,β-unsaturated/α-hetero) is 1. The molecule has 2 heterocycles. The van der Waals surface area contributed by atoms with Crippen LogP contribution in [0.5, 0.6) is 0 Å². The number of carbonyl (C=O) groups excluding carboxylic acids is 3. The SMILES string of the molecule is CCOC(=O)/C(CC(=O)C(C)(C)C)=N/OC.CCOP(=O)(Cc1csc(NC(=O)c2cc(C(C)(C)C)n(-c3ccc(S(C)(=O)=O)cc3)n2)n1)OCC. The number of nitrogens with zero attached hydrogens (tertiary/aromatic N) is 4. The number of aromatic nitrogens is 3. The van der Waals surface area contributed by atoms with Crippen molar-refractivity contribution in [1.29, 1.82) is 0 Å². The lowest BCUT2D eigenvalue weighted by molar-refractivity contribution is -0.136. The molecule has 0 aliphatic heterocycles. The van der Waals surface area contributed by atoms with Crippen LogP contribution < -0.4 is 5.32 Å². The van der Waals surface area contributed by atoms with Crippen molar-refractivity contribution in [3.05, 3.63) is 52.8 Å². The maximum Gasteiger partial charge on any atom is 0.356 e. The second-order valence-corrected chi connectivity index (χ2v) is 18.3. The molecule has 2 aromatic heterocycles. The summed E-state index contributed by atoms with van der Waals surface area (Å²) in [6.45, 7) is 17.2. The number of esters is 1. The van der Waals surface area contributed by atoms with E-state index in [2.05, 4.69) is 25.4 Å². The molecule has 0 atom stereocenters. The van der Waals surface area contributed by atoms with Gasteiger partial charge in [0.05, 0.1) is 54.4 Å². The Morgan fingerprint density at radius 2 is 1.58 bits per heavy atom. The van der Waals surface area contributed by atoms with E-state index >= 15 is 0 Å². The van der Waals surface area contributed by atoms with Gasteiger partial charge in [-0.25, -0.2) is 22.9 Å². The number of ether oxygens (including phenoxy) is 1. The average molecular weight is 784 g/mol. The second kappa shape index (κ2) is 18.8. The lowest BCUT2D eigenvalue weighted by Crippen LogP contribution is -2.28. The van der Waals surface area contributed by atoms with Crippen molar-refractivity contribution in [2.75, 3.05) is 38.5 Å². The number of oxime groups is 1. The van der Waals surface area contributed by atoms with Crippen LogP contribution in [-0.2, 0) is 54.2 Å². The highest BCUT2D eigenvalue weighted by Gasteiger charge is 2.28. The van der Waals surface area contributed by atoms with Gasteiger partial charge in [-0.05, 0) is 51.1 Å². The normalized spacial score (nSPS) is 12.5. The number of hydrogen-bond acceptors (Lipinski definition) is 14. The molecule has 52 heavy (non-hydrogen) atoms. The van der Waals surface area contributed by atoms with Gasteiger partial charge in [-0.1, -0.05) is 46.7 Å². The first-order valence-corrected chi connectivity index (χ1v) is 20.9. The van der Waals surface area contributed by atoms with Crippen molar-refractivity contribution in [3.8, 4) is 5.69 Å². The third kappa shape index (κ3) is 13.3. The van der Waals surface area contributed by atoms with Crippen LogP contribution in [0.3, 0.4) is 0 Å². The summed E-state index contributed by atoms with van der Waals surface area (Å²) in [5.41, 5.74) is 1.21. The first kappa shape index (κ1) is 44.4. The standard InChI is InChI=1S/C23H31N4O6PS2.C11H19NO4/c1-7-32-34(29,33-8-2)14-16-15-35-22(24-16)25-21(28)19-13-20(23(3,4)5)27(26-19)17-9-11-18(12-10-17)36(6,30)31;1-6-16-10(14)8(12-15-5)7-9(13)11(2,3)4/h9-13,15H,7-8,14H2,1-6H3,(H,24,25,28);6-7H2,1-5H3/b;12-8+. The molecule has 0 fully saturated rings. The Balaban J connectivity index is 0.000000493. The molecule has 288 valence electrons. The molecule has 0 aliphatic rings. The van der Waals surface area contributed by atoms with Gasteiger partial charge in [0.1, 0.15) is 12.9 Å². The molecule has 15 nitrogen and oxygen atoms in total. The fourth-order valence-corrected chi connectivity index (χ4v) is 7.32. The van der Waals surface area contributed by atoms with Crippen LogP contribution in [-0.4, -0.2) is 79.7 Å². The summed E-state index contributed by atoms with van der Waals surface area (Å²) in [7, 11) is -5.32. The third-order valence-corrected chi connectivity index (χ3v) is 10.8. The van der Waals surface area contributed by atoms with E-state index in [-0.39, 0.29) is 59.9 Å². The Morgan fingerprint density at radius 1 is 0.981 bits per heavy atom. The monoisotopic (exact) mass is 783 g/mol. The van der Waals surface area contributed by atoms with Crippen LogP contribution in [0, 0.1) is 5.41 Å². The van der Waals surface area contributed by atoms with Crippen LogP contribution in [0.1, 0.15) is 90.6 Å². The van der Waals surface area contributed by atoms with E-state index < -0.39 is 34.7 Å². The van der Waals surface area contributed by atoms with Gasteiger partial charge < -0.3 is 18.6 Å². The summed E-state index contributed by atoms with van der Waals surface area (Å²) in [6.07, 6.45) is 1.08. The number of carbonyl (C=O) groups is 3. The molecule has 0 spiro atoms. The second-order valence-electron chi connectivity index (χ2n) is 13.3. The van der Waals surface area contributed by atoms with Gasteiger partial charge in [0.2, 0.25) is 0 Å². The zero-order chi connectivity index (χ0) is 39.5. The van der Waals surface area contributed by atoms with Gasteiger partial charge in [-0.2, -0.15) is 5.10 Å². The van der Waals surface area contributed by atoms with Gasteiger partial charge in [0.15, 0.2) is 26.4 Å². The number of amides is 1.